The average Bonchev–Trinajstić information content (AvgIpc) is 2.40. The number of hydrogen-bond acceptors (Lipinski definition) is 2. The number of nitrogens with zero attached hydrogens (tertiary/aromatic N) is 1. The van der Waals surface area contributed by atoms with E-state index in [2.05, 4.69) is 31.2 Å². The highest BCUT2D eigenvalue weighted by Gasteiger charge is 2.09. The van der Waals surface area contributed by atoms with E-state index in [1.807, 2.05) is 24.3 Å². The Balaban J connectivity index is 2.42. The van der Waals surface area contributed by atoms with Crippen molar-refractivity contribution in [3.05, 3.63) is 53.6 Å². The number of unbranched alkanes of at least 4 members (excludes halogenated alkanes) is 1. The third-order valence-corrected chi connectivity index (χ3v) is 3.33. The van der Waals surface area contributed by atoms with Crippen LogP contribution in [0.4, 0.5) is 5.69 Å². The lowest BCUT2D eigenvalue weighted by Gasteiger charge is -2.14. The molecule has 96 valence electrons. The lowest BCUT2D eigenvalue weighted by atomic mass is 9.92. The first kappa shape index (κ1) is 13.2. The van der Waals surface area contributed by atoms with Gasteiger partial charge in [0.05, 0.1) is 6.07 Å². The van der Waals surface area contributed by atoms with Crippen molar-refractivity contribution in [1.29, 1.82) is 5.26 Å². The standard InChI is InChI=1S/C17H18N2/c1-13-7-6-11-16(19)17(13)15-10-3-2-8-14(15)9-4-5-12-18/h2-3,6-8,10-11H,4-5,9,19H2,1H3. The van der Waals surface area contributed by atoms with E-state index in [1.165, 1.54) is 16.7 Å². The monoisotopic (exact) mass is 250 g/mol. The molecule has 0 aliphatic carbocycles. The first-order valence-corrected chi connectivity index (χ1v) is 6.54. The number of nitriles is 1. The van der Waals surface area contributed by atoms with Gasteiger partial charge < -0.3 is 5.73 Å². The molecule has 2 heteroatoms. The first-order chi connectivity index (χ1) is 9.24. The molecule has 0 unspecified atom stereocenters. The van der Waals surface area contributed by atoms with Crippen LogP contribution in [0.1, 0.15) is 24.0 Å². The lowest BCUT2D eigenvalue weighted by molar-refractivity contribution is 0.852. The van der Waals surface area contributed by atoms with Crippen molar-refractivity contribution in [1.82, 2.24) is 0 Å². The SMILES string of the molecule is Cc1cccc(N)c1-c1ccccc1CCCC#N. The molecule has 0 aromatic heterocycles. The second-order valence-corrected chi connectivity index (χ2v) is 4.71. The Bertz CT molecular complexity index is 589. The molecule has 0 spiro atoms. The fourth-order valence-corrected chi connectivity index (χ4v) is 2.40. The molecule has 0 heterocycles. The van der Waals surface area contributed by atoms with Crippen molar-refractivity contribution in [2.45, 2.75) is 26.2 Å². The minimum atomic E-state index is 0.595. The minimum absolute atomic E-state index is 0.595. The van der Waals surface area contributed by atoms with Crippen molar-refractivity contribution in [2.75, 3.05) is 5.73 Å². The molecule has 2 aromatic rings. The largest absolute Gasteiger partial charge is 0.398 e. The maximum atomic E-state index is 8.65. The number of aryl methyl sites for hydroxylation is 2. The van der Waals surface area contributed by atoms with Crippen LogP contribution in [0, 0.1) is 18.3 Å². The van der Waals surface area contributed by atoms with Crippen LogP contribution in [0.2, 0.25) is 0 Å². The van der Waals surface area contributed by atoms with Crippen LogP contribution in [-0.4, -0.2) is 0 Å². The van der Waals surface area contributed by atoms with Crippen molar-refractivity contribution in [3.8, 4) is 17.2 Å². The van der Waals surface area contributed by atoms with E-state index < -0.39 is 0 Å². The van der Waals surface area contributed by atoms with Gasteiger partial charge in [-0.15, -0.1) is 0 Å². The van der Waals surface area contributed by atoms with E-state index in [0.717, 1.165) is 24.1 Å². The summed E-state index contributed by atoms with van der Waals surface area (Å²) in [5.74, 6) is 0. The molecule has 0 saturated carbocycles. The molecule has 2 aromatic carbocycles. The second-order valence-electron chi connectivity index (χ2n) is 4.71. The van der Waals surface area contributed by atoms with E-state index in [0.29, 0.717) is 6.42 Å². The number of benzene rings is 2. The average molecular weight is 250 g/mol. The van der Waals surface area contributed by atoms with Crippen molar-refractivity contribution >= 4 is 5.69 Å². The number of anilines is 1. The van der Waals surface area contributed by atoms with Gasteiger partial charge in [-0.05, 0) is 42.5 Å². The van der Waals surface area contributed by atoms with Crippen LogP contribution in [0.3, 0.4) is 0 Å². The summed E-state index contributed by atoms with van der Waals surface area (Å²) >= 11 is 0. The molecule has 0 bridgehead atoms. The van der Waals surface area contributed by atoms with Gasteiger partial charge in [-0.1, -0.05) is 36.4 Å². The number of nitrogen functional groups attached to an aromatic ring is 1. The molecule has 0 atom stereocenters. The highest BCUT2D eigenvalue weighted by atomic mass is 14.6. The van der Waals surface area contributed by atoms with Crippen LogP contribution in [0.15, 0.2) is 42.5 Å². The van der Waals surface area contributed by atoms with Crippen LogP contribution in [0.5, 0.6) is 0 Å². The summed E-state index contributed by atoms with van der Waals surface area (Å²) < 4.78 is 0. The maximum Gasteiger partial charge on any atom is 0.0621 e. The van der Waals surface area contributed by atoms with Gasteiger partial charge in [0.1, 0.15) is 0 Å². The van der Waals surface area contributed by atoms with Gasteiger partial charge in [-0.2, -0.15) is 5.26 Å². The smallest absolute Gasteiger partial charge is 0.0621 e. The van der Waals surface area contributed by atoms with Crippen LogP contribution in [0.25, 0.3) is 11.1 Å². The van der Waals surface area contributed by atoms with Crippen LogP contribution < -0.4 is 5.73 Å². The van der Waals surface area contributed by atoms with E-state index in [4.69, 9.17) is 11.0 Å². The van der Waals surface area contributed by atoms with Crippen molar-refractivity contribution in [2.24, 2.45) is 0 Å². The summed E-state index contributed by atoms with van der Waals surface area (Å²) in [6, 6.07) is 16.5. The summed E-state index contributed by atoms with van der Waals surface area (Å²) in [4.78, 5) is 0. The molecule has 0 aliphatic heterocycles. The number of rotatable bonds is 4. The van der Waals surface area contributed by atoms with Gasteiger partial charge >= 0.3 is 0 Å². The van der Waals surface area contributed by atoms with Crippen LogP contribution in [-0.2, 0) is 6.42 Å². The van der Waals surface area contributed by atoms with E-state index in [-0.39, 0.29) is 0 Å². The Morgan fingerprint density at radius 3 is 2.63 bits per heavy atom. The van der Waals surface area contributed by atoms with Gasteiger partial charge in [0.2, 0.25) is 0 Å². The van der Waals surface area contributed by atoms with Gasteiger partial charge in [-0.3, -0.25) is 0 Å². The third kappa shape index (κ3) is 2.95. The molecule has 0 saturated heterocycles. The van der Waals surface area contributed by atoms with Gasteiger partial charge in [-0.25, -0.2) is 0 Å². The predicted octanol–water partition coefficient (Wildman–Crippen LogP) is 4.09. The predicted molar refractivity (Wildman–Crippen MR) is 79.6 cm³/mol. The molecule has 2 N–H and O–H groups in total. The molecule has 19 heavy (non-hydrogen) atoms. The molecular formula is C17H18N2. The van der Waals surface area contributed by atoms with Crippen molar-refractivity contribution in [3.63, 3.8) is 0 Å². The lowest BCUT2D eigenvalue weighted by Crippen LogP contribution is -1.96. The zero-order valence-electron chi connectivity index (χ0n) is 11.2. The Morgan fingerprint density at radius 1 is 1.11 bits per heavy atom. The second kappa shape index (κ2) is 6.06. The normalized spacial score (nSPS) is 10.1. The number of hydrogen-bond donors (Lipinski definition) is 1. The quantitative estimate of drug-likeness (QED) is 0.656. The first-order valence-electron chi connectivity index (χ1n) is 6.54. The fraction of sp³-hybridized carbons (Fsp3) is 0.235. The van der Waals surface area contributed by atoms with Crippen molar-refractivity contribution < 1.29 is 0 Å². The third-order valence-electron chi connectivity index (χ3n) is 3.33. The molecular weight excluding hydrogens is 232 g/mol. The highest BCUT2D eigenvalue weighted by molar-refractivity contribution is 5.81. The zero-order valence-corrected chi connectivity index (χ0v) is 11.2. The molecule has 0 fully saturated rings. The Labute approximate surface area is 114 Å². The zero-order chi connectivity index (χ0) is 13.7. The van der Waals surface area contributed by atoms with Gasteiger partial charge in [0.15, 0.2) is 0 Å². The Kier molecular flexibility index (Phi) is 4.20. The Hall–Kier alpha value is -2.27. The molecule has 0 amide bonds. The maximum absolute atomic E-state index is 8.65. The summed E-state index contributed by atoms with van der Waals surface area (Å²) in [7, 11) is 0. The van der Waals surface area contributed by atoms with E-state index in [1.54, 1.807) is 0 Å². The summed E-state index contributed by atoms with van der Waals surface area (Å²) in [5, 5.41) is 8.65. The van der Waals surface area contributed by atoms with Gasteiger partial charge in [0, 0.05) is 17.7 Å². The number of nitrogens with two attached hydrogens (primary N) is 1. The van der Waals surface area contributed by atoms with E-state index >= 15 is 0 Å². The summed E-state index contributed by atoms with van der Waals surface area (Å²) in [6.07, 6.45) is 2.40. The van der Waals surface area contributed by atoms with Crippen LogP contribution >= 0.6 is 0 Å². The molecule has 2 nitrogen and oxygen atoms in total. The molecule has 2 rings (SSSR count). The van der Waals surface area contributed by atoms with E-state index in [9.17, 15) is 0 Å². The minimum Gasteiger partial charge on any atom is -0.398 e. The molecule has 0 radical (unpaired) electrons. The topological polar surface area (TPSA) is 49.8 Å². The van der Waals surface area contributed by atoms with Gasteiger partial charge in [0.25, 0.3) is 0 Å². The fourth-order valence-electron chi connectivity index (χ4n) is 2.40. The molecule has 0 aliphatic rings. The summed E-state index contributed by atoms with van der Waals surface area (Å²) in [5.41, 5.74) is 11.7. The summed E-state index contributed by atoms with van der Waals surface area (Å²) in [6.45, 7) is 2.08. The Morgan fingerprint density at radius 2 is 1.89 bits per heavy atom. The highest BCUT2D eigenvalue weighted by Crippen LogP contribution is 2.32.